The molecule has 1 N–H and O–H groups in total. The molecule has 0 atom stereocenters. The third-order valence-electron chi connectivity index (χ3n) is 4.32. The first kappa shape index (κ1) is 18.4. The van der Waals surface area contributed by atoms with Crippen molar-refractivity contribution in [2.75, 3.05) is 25.0 Å². The Morgan fingerprint density at radius 2 is 1.85 bits per heavy atom. The van der Waals surface area contributed by atoms with Crippen LogP contribution in [0.25, 0.3) is 10.2 Å². The standard InChI is InChI=1S/C21H25N3OS/c1-24(17-9-3-2-4-10-17)16-8-15-22-20(25)13-7-14-21-23-18-11-5-6-12-19(18)26-21/h2-6,9-12H,7-8,13-16H2,1H3,(H,22,25). The van der Waals surface area contributed by atoms with Gasteiger partial charge < -0.3 is 10.2 Å². The number of carbonyl (C=O) groups is 1. The number of benzene rings is 2. The Balaban J connectivity index is 1.30. The Morgan fingerprint density at radius 1 is 1.08 bits per heavy atom. The summed E-state index contributed by atoms with van der Waals surface area (Å²) in [5.74, 6) is 0.133. The third kappa shape index (κ3) is 5.30. The van der Waals surface area contributed by atoms with Gasteiger partial charge in [0.1, 0.15) is 0 Å². The van der Waals surface area contributed by atoms with Crippen LogP contribution < -0.4 is 10.2 Å². The van der Waals surface area contributed by atoms with E-state index in [0.29, 0.717) is 6.42 Å². The largest absolute Gasteiger partial charge is 0.375 e. The summed E-state index contributed by atoms with van der Waals surface area (Å²) >= 11 is 1.72. The highest BCUT2D eigenvalue weighted by Gasteiger charge is 2.06. The van der Waals surface area contributed by atoms with Gasteiger partial charge in [-0.2, -0.15) is 0 Å². The molecule has 26 heavy (non-hydrogen) atoms. The van der Waals surface area contributed by atoms with Gasteiger partial charge in [-0.3, -0.25) is 4.79 Å². The summed E-state index contributed by atoms with van der Waals surface area (Å²) in [6.07, 6.45) is 3.21. The third-order valence-corrected chi connectivity index (χ3v) is 5.42. The van der Waals surface area contributed by atoms with Crippen LogP contribution >= 0.6 is 11.3 Å². The van der Waals surface area contributed by atoms with E-state index in [2.05, 4.69) is 40.4 Å². The summed E-state index contributed by atoms with van der Waals surface area (Å²) in [5.41, 5.74) is 2.26. The molecule has 3 rings (SSSR count). The molecule has 3 aromatic rings. The van der Waals surface area contributed by atoms with Crippen LogP contribution in [0.15, 0.2) is 54.6 Å². The van der Waals surface area contributed by atoms with Gasteiger partial charge in [-0.15, -0.1) is 11.3 Å². The molecule has 0 unspecified atom stereocenters. The SMILES string of the molecule is CN(CCCNC(=O)CCCc1nc2ccccc2s1)c1ccccc1. The maximum Gasteiger partial charge on any atom is 0.220 e. The number of aryl methyl sites for hydroxylation is 1. The lowest BCUT2D eigenvalue weighted by Gasteiger charge is -2.19. The normalized spacial score (nSPS) is 10.8. The summed E-state index contributed by atoms with van der Waals surface area (Å²) in [4.78, 5) is 18.8. The van der Waals surface area contributed by atoms with E-state index in [1.807, 2.05) is 36.4 Å². The predicted octanol–water partition coefficient (Wildman–Crippen LogP) is 4.26. The molecule has 1 aromatic heterocycles. The smallest absolute Gasteiger partial charge is 0.220 e. The number of hydrogen-bond acceptors (Lipinski definition) is 4. The monoisotopic (exact) mass is 367 g/mol. The molecule has 5 heteroatoms. The van der Waals surface area contributed by atoms with Crippen molar-refractivity contribution in [1.82, 2.24) is 10.3 Å². The van der Waals surface area contributed by atoms with E-state index >= 15 is 0 Å². The van der Waals surface area contributed by atoms with Gasteiger partial charge in [0.05, 0.1) is 15.2 Å². The fourth-order valence-electron chi connectivity index (χ4n) is 2.87. The number of aromatic nitrogens is 1. The van der Waals surface area contributed by atoms with E-state index in [-0.39, 0.29) is 5.91 Å². The van der Waals surface area contributed by atoms with Crippen molar-refractivity contribution >= 4 is 33.1 Å². The van der Waals surface area contributed by atoms with Crippen LogP contribution in [0.3, 0.4) is 0 Å². The minimum absolute atomic E-state index is 0.133. The van der Waals surface area contributed by atoms with Gasteiger partial charge in [-0.1, -0.05) is 30.3 Å². The van der Waals surface area contributed by atoms with E-state index < -0.39 is 0 Å². The van der Waals surface area contributed by atoms with E-state index in [9.17, 15) is 4.79 Å². The van der Waals surface area contributed by atoms with Gasteiger partial charge >= 0.3 is 0 Å². The van der Waals surface area contributed by atoms with Gasteiger partial charge in [0.2, 0.25) is 5.91 Å². The van der Waals surface area contributed by atoms with E-state index in [1.54, 1.807) is 11.3 Å². The summed E-state index contributed by atoms with van der Waals surface area (Å²) < 4.78 is 1.22. The molecule has 1 heterocycles. The second-order valence-corrected chi connectivity index (χ2v) is 7.50. The molecule has 0 radical (unpaired) electrons. The quantitative estimate of drug-likeness (QED) is 0.575. The molecular formula is C21H25N3OS. The zero-order valence-electron chi connectivity index (χ0n) is 15.1. The number of thiazole rings is 1. The molecule has 136 valence electrons. The van der Waals surface area contributed by atoms with Crippen LogP contribution in [0.4, 0.5) is 5.69 Å². The molecule has 2 aromatic carbocycles. The molecule has 0 saturated heterocycles. The molecule has 0 spiro atoms. The highest BCUT2D eigenvalue weighted by molar-refractivity contribution is 7.18. The van der Waals surface area contributed by atoms with E-state index in [4.69, 9.17) is 0 Å². The highest BCUT2D eigenvalue weighted by Crippen LogP contribution is 2.22. The highest BCUT2D eigenvalue weighted by atomic mass is 32.1. The van der Waals surface area contributed by atoms with Gasteiger partial charge in [-0.25, -0.2) is 4.98 Å². The second-order valence-electron chi connectivity index (χ2n) is 6.39. The van der Waals surface area contributed by atoms with Crippen LogP contribution in [0.5, 0.6) is 0 Å². The lowest BCUT2D eigenvalue weighted by Crippen LogP contribution is -2.28. The fourth-order valence-corrected chi connectivity index (χ4v) is 3.88. The number of anilines is 1. The summed E-state index contributed by atoms with van der Waals surface area (Å²) in [6, 6.07) is 18.5. The van der Waals surface area contributed by atoms with Crippen molar-refractivity contribution in [3.05, 3.63) is 59.6 Å². The number of nitrogens with one attached hydrogen (secondary N) is 1. The van der Waals surface area contributed by atoms with Crippen LogP contribution in [0.1, 0.15) is 24.3 Å². The molecule has 0 aliphatic rings. The number of fused-ring (bicyclic) bond motifs is 1. The van der Waals surface area contributed by atoms with Gasteiger partial charge in [0.15, 0.2) is 0 Å². The number of para-hydroxylation sites is 2. The van der Waals surface area contributed by atoms with E-state index in [1.165, 1.54) is 10.4 Å². The maximum absolute atomic E-state index is 12.0. The molecule has 1 amide bonds. The van der Waals surface area contributed by atoms with Crippen molar-refractivity contribution < 1.29 is 4.79 Å². The molecule has 0 aliphatic carbocycles. The number of carbonyl (C=O) groups excluding carboxylic acids is 1. The van der Waals surface area contributed by atoms with Crippen molar-refractivity contribution in [3.8, 4) is 0 Å². The van der Waals surface area contributed by atoms with E-state index in [0.717, 1.165) is 42.9 Å². The Kier molecular flexibility index (Phi) is 6.61. The Bertz CT molecular complexity index is 798. The number of nitrogens with zero attached hydrogens (tertiary/aromatic N) is 2. The predicted molar refractivity (Wildman–Crippen MR) is 110 cm³/mol. The topological polar surface area (TPSA) is 45.2 Å². The molecule has 4 nitrogen and oxygen atoms in total. The summed E-state index contributed by atoms with van der Waals surface area (Å²) in [7, 11) is 2.08. The summed E-state index contributed by atoms with van der Waals surface area (Å²) in [6.45, 7) is 1.65. The Morgan fingerprint density at radius 3 is 2.65 bits per heavy atom. The fraction of sp³-hybridized carbons (Fsp3) is 0.333. The maximum atomic E-state index is 12.0. The molecule has 0 bridgehead atoms. The Labute approximate surface area is 158 Å². The van der Waals surface area contributed by atoms with Crippen molar-refractivity contribution in [2.45, 2.75) is 25.7 Å². The number of rotatable bonds is 9. The first-order chi connectivity index (χ1) is 12.7. The summed E-state index contributed by atoms with van der Waals surface area (Å²) in [5, 5.41) is 4.13. The number of hydrogen-bond donors (Lipinski definition) is 1. The number of amides is 1. The average molecular weight is 368 g/mol. The zero-order valence-corrected chi connectivity index (χ0v) is 16.0. The molecule has 0 saturated carbocycles. The van der Waals surface area contributed by atoms with Gasteiger partial charge in [0, 0.05) is 32.2 Å². The zero-order chi connectivity index (χ0) is 18.2. The second kappa shape index (κ2) is 9.34. The lowest BCUT2D eigenvalue weighted by atomic mass is 10.2. The molecule has 0 fully saturated rings. The first-order valence-electron chi connectivity index (χ1n) is 9.10. The van der Waals surface area contributed by atoms with Crippen molar-refractivity contribution in [1.29, 1.82) is 0 Å². The minimum Gasteiger partial charge on any atom is -0.375 e. The minimum atomic E-state index is 0.133. The lowest BCUT2D eigenvalue weighted by molar-refractivity contribution is -0.121. The molecule has 0 aliphatic heterocycles. The van der Waals surface area contributed by atoms with Crippen molar-refractivity contribution in [3.63, 3.8) is 0 Å². The van der Waals surface area contributed by atoms with Crippen LogP contribution in [-0.2, 0) is 11.2 Å². The van der Waals surface area contributed by atoms with Crippen molar-refractivity contribution in [2.24, 2.45) is 0 Å². The van der Waals surface area contributed by atoms with Gasteiger partial charge in [0.25, 0.3) is 0 Å². The Hall–Kier alpha value is -2.40. The van der Waals surface area contributed by atoms with Crippen LogP contribution in [-0.4, -0.2) is 31.0 Å². The first-order valence-corrected chi connectivity index (χ1v) is 9.91. The van der Waals surface area contributed by atoms with Crippen LogP contribution in [0.2, 0.25) is 0 Å². The molecular weight excluding hydrogens is 342 g/mol. The average Bonchev–Trinajstić information content (AvgIpc) is 3.08. The van der Waals surface area contributed by atoms with Crippen LogP contribution in [0, 0.1) is 0 Å². The van der Waals surface area contributed by atoms with Gasteiger partial charge in [-0.05, 0) is 43.5 Å².